The van der Waals surface area contributed by atoms with Gasteiger partial charge in [-0.15, -0.1) is 0 Å². The van der Waals surface area contributed by atoms with Crippen LogP contribution in [0.25, 0.3) is 0 Å². The summed E-state index contributed by atoms with van der Waals surface area (Å²) >= 11 is 0. The Kier molecular flexibility index (Phi) is 3.82. The van der Waals surface area contributed by atoms with Crippen molar-refractivity contribution in [3.63, 3.8) is 0 Å². The van der Waals surface area contributed by atoms with Gasteiger partial charge in [-0.2, -0.15) is 5.26 Å². The number of nitrogens with zero attached hydrogens (tertiary/aromatic N) is 2. The van der Waals surface area contributed by atoms with E-state index in [1.165, 1.54) is 6.92 Å². The van der Waals surface area contributed by atoms with Gasteiger partial charge in [-0.05, 0) is 32.0 Å². The van der Waals surface area contributed by atoms with E-state index in [1.54, 1.807) is 25.1 Å². The average molecular weight is 292 g/mol. The third-order valence-corrected chi connectivity index (χ3v) is 5.71. The summed E-state index contributed by atoms with van der Waals surface area (Å²) in [4.78, 5) is 13.6. The minimum atomic E-state index is -3.04. The zero-order valence-electron chi connectivity index (χ0n) is 11.5. The molecule has 0 unspecified atom stereocenters. The highest BCUT2D eigenvalue weighted by atomic mass is 32.2. The molecule has 0 saturated carbocycles. The molecule has 0 amide bonds. The summed E-state index contributed by atoms with van der Waals surface area (Å²) in [6.07, 6.45) is 0. The van der Waals surface area contributed by atoms with Gasteiger partial charge in [0.2, 0.25) is 0 Å². The molecule has 0 N–H and O–H groups in total. The van der Waals surface area contributed by atoms with Crippen LogP contribution in [0.2, 0.25) is 0 Å². The van der Waals surface area contributed by atoms with Gasteiger partial charge < -0.3 is 4.90 Å². The third-order valence-electron chi connectivity index (χ3n) is 3.58. The Morgan fingerprint density at radius 1 is 1.45 bits per heavy atom. The molecule has 5 nitrogen and oxygen atoms in total. The average Bonchev–Trinajstić information content (AvgIpc) is 2.41. The fourth-order valence-corrected chi connectivity index (χ4v) is 3.62. The standard InChI is InChI=1S/C14H16N2O3S/c1-10-9-16(5-6-20(10,18)19)14-7-12(8-15)3-4-13(14)11(2)17/h3-4,7,10H,5-6,9H2,1-2H3/t10-/m1/s1. The number of Topliss-reactive ketones (excluding diaryl/α,β-unsaturated/α-hetero) is 1. The molecule has 1 heterocycles. The van der Waals surface area contributed by atoms with E-state index in [0.29, 0.717) is 29.9 Å². The molecule has 0 spiro atoms. The predicted octanol–water partition coefficient (Wildman–Crippen LogP) is 1.38. The number of ketones is 1. The highest BCUT2D eigenvalue weighted by Gasteiger charge is 2.30. The second-order valence-corrected chi connectivity index (χ2v) is 7.56. The van der Waals surface area contributed by atoms with Gasteiger partial charge in [0.05, 0.1) is 22.6 Å². The Morgan fingerprint density at radius 3 is 2.70 bits per heavy atom. The van der Waals surface area contributed by atoms with Crippen molar-refractivity contribution in [2.45, 2.75) is 19.1 Å². The van der Waals surface area contributed by atoms with Crippen LogP contribution in [0.1, 0.15) is 29.8 Å². The lowest BCUT2D eigenvalue weighted by Crippen LogP contribution is -2.46. The van der Waals surface area contributed by atoms with E-state index in [4.69, 9.17) is 5.26 Å². The second-order valence-electron chi connectivity index (χ2n) is 5.02. The van der Waals surface area contributed by atoms with E-state index in [0.717, 1.165) is 0 Å². The van der Waals surface area contributed by atoms with Crippen LogP contribution in [0.4, 0.5) is 5.69 Å². The number of hydrogen-bond donors (Lipinski definition) is 0. The minimum Gasteiger partial charge on any atom is -0.369 e. The largest absolute Gasteiger partial charge is 0.369 e. The van der Waals surface area contributed by atoms with Gasteiger partial charge >= 0.3 is 0 Å². The van der Waals surface area contributed by atoms with Crippen LogP contribution in [0.5, 0.6) is 0 Å². The highest BCUT2D eigenvalue weighted by molar-refractivity contribution is 7.92. The fraction of sp³-hybridized carbons (Fsp3) is 0.429. The summed E-state index contributed by atoms with van der Waals surface area (Å²) in [5.41, 5.74) is 1.64. The van der Waals surface area contributed by atoms with Crippen molar-refractivity contribution in [2.24, 2.45) is 0 Å². The molecule has 1 aliphatic heterocycles. The van der Waals surface area contributed by atoms with Crippen molar-refractivity contribution in [1.29, 1.82) is 5.26 Å². The maximum atomic E-state index is 11.8. The lowest BCUT2D eigenvalue weighted by Gasteiger charge is -2.33. The molecule has 1 saturated heterocycles. The lowest BCUT2D eigenvalue weighted by molar-refractivity contribution is 0.101. The molecular weight excluding hydrogens is 276 g/mol. The summed E-state index contributed by atoms with van der Waals surface area (Å²) in [5.74, 6) is -0.0203. The molecule has 0 bridgehead atoms. The van der Waals surface area contributed by atoms with Crippen molar-refractivity contribution in [3.8, 4) is 6.07 Å². The van der Waals surface area contributed by atoms with E-state index in [1.807, 2.05) is 11.0 Å². The van der Waals surface area contributed by atoms with Crippen LogP contribution < -0.4 is 4.90 Å². The number of carbonyl (C=O) groups is 1. The molecule has 0 aliphatic carbocycles. The molecule has 0 aromatic heterocycles. The van der Waals surface area contributed by atoms with E-state index in [-0.39, 0.29) is 11.5 Å². The number of sulfone groups is 1. The number of nitriles is 1. The van der Waals surface area contributed by atoms with Gasteiger partial charge in [-0.3, -0.25) is 4.79 Å². The summed E-state index contributed by atoms with van der Waals surface area (Å²) in [6.45, 7) is 3.83. The van der Waals surface area contributed by atoms with Crippen molar-refractivity contribution in [3.05, 3.63) is 29.3 Å². The van der Waals surface area contributed by atoms with Crippen LogP contribution in [-0.2, 0) is 9.84 Å². The first-order valence-corrected chi connectivity index (χ1v) is 8.08. The molecular formula is C14H16N2O3S. The Labute approximate surface area is 118 Å². The molecule has 6 heteroatoms. The lowest BCUT2D eigenvalue weighted by atomic mass is 10.0. The Hall–Kier alpha value is -1.87. The van der Waals surface area contributed by atoms with E-state index in [9.17, 15) is 13.2 Å². The zero-order valence-corrected chi connectivity index (χ0v) is 12.3. The molecule has 1 aromatic carbocycles. The SMILES string of the molecule is CC(=O)c1ccc(C#N)cc1N1CCS(=O)(=O)[C@H](C)C1. The normalized spacial score (nSPS) is 21.2. The van der Waals surface area contributed by atoms with Gasteiger partial charge in [-0.1, -0.05) is 0 Å². The van der Waals surface area contributed by atoms with Crippen LogP contribution >= 0.6 is 0 Å². The Balaban J connectivity index is 2.42. The number of anilines is 1. The first kappa shape index (κ1) is 14.5. The van der Waals surface area contributed by atoms with Crippen molar-refractivity contribution in [1.82, 2.24) is 0 Å². The molecule has 1 atom stereocenters. The molecule has 20 heavy (non-hydrogen) atoms. The smallest absolute Gasteiger partial charge is 0.161 e. The number of hydrogen-bond acceptors (Lipinski definition) is 5. The molecule has 106 valence electrons. The van der Waals surface area contributed by atoms with Crippen LogP contribution in [0.3, 0.4) is 0 Å². The fourth-order valence-electron chi connectivity index (χ4n) is 2.33. The molecule has 2 rings (SSSR count). The quantitative estimate of drug-likeness (QED) is 0.770. The molecule has 1 fully saturated rings. The summed E-state index contributed by atoms with van der Waals surface area (Å²) in [7, 11) is -3.04. The summed E-state index contributed by atoms with van der Waals surface area (Å²) in [6, 6.07) is 6.93. The van der Waals surface area contributed by atoms with Crippen molar-refractivity contribution in [2.75, 3.05) is 23.7 Å². The first-order chi connectivity index (χ1) is 9.35. The second kappa shape index (κ2) is 5.25. The molecule has 1 aliphatic rings. The number of carbonyl (C=O) groups excluding carboxylic acids is 1. The van der Waals surface area contributed by atoms with E-state index < -0.39 is 15.1 Å². The summed E-state index contributed by atoms with van der Waals surface area (Å²) < 4.78 is 23.5. The molecule has 0 radical (unpaired) electrons. The van der Waals surface area contributed by atoms with Crippen LogP contribution in [0, 0.1) is 11.3 Å². The van der Waals surface area contributed by atoms with Gasteiger partial charge in [0.25, 0.3) is 0 Å². The van der Waals surface area contributed by atoms with Crippen molar-refractivity contribution < 1.29 is 13.2 Å². The maximum Gasteiger partial charge on any atom is 0.161 e. The molecule has 1 aromatic rings. The topological polar surface area (TPSA) is 78.2 Å². The highest BCUT2D eigenvalue weighted by Crippen LogP contribution is 2.26. The third kappa shape index (κ3) is 2.68. The van der Waals surface area contributed by atoms with E-state index >= 15 is 0 Å². The van der Waals surface area contributed by atoms with Gasteiger partial charge in [-0.25, -0.2) is 8.42 Å². The maximum absolute atomic E-state index is 11.8. The van der Waals surface area contributed by atoms with Gasteiger partial charge in [0, 0.05) is 24.3 Å². The van der Waals surface area contributed by atoms with Gasteiger partial charge in [0.1, 0.15) is 0 Å². The zero-order chi connectivity index (χ0) is 14.9. The van der Waals surface area contributed by atoms with Crippen LogP contribution in [0.15, 0.2) is 18.2 Å². The predicted molar refractivity (Wildman–Crippen MR) is 76.6 cm³/mol. The van der Waals surface area contributed by atoms with Gasteiger partial charge in [0.15, 0.2) is 15.6 Å². The first-order valence-electron chi connectivity index (χ1n) is 6.37. The number of benzene rings is 1. The van der Waals surface area contributed by atoms with Crippen LogP contribution in [-0.4, -0.2) is 38.3 Å². The van der Waals surface area contributed by atoms with E-state index in [2.05, 4.69) is 0 Å². The summed E-state index contributed by atoms with van der Waals surface area (Å²) in [5, 5.41) is 8.51. The number of rotatable bonds is 2. The monoisotopic (exact) mass is 292 g/mol. The Morgan fingerprint density at radius 2 is 2.15 bits per heavy atom. The Bertz CT molecular complexity index is 689. The minimum absolute atomic E-state index is 0.0717. The van der Waals surface area contributed by atoms with Crippen molar-refractivity contribution >= 4 is 21.3 Å².